The van der Waals surface area contributed by atoms with Gasteiger partial charge < -0.3 is 10.5 Å². The molecule has 0 atom stereocenters. The molecule has 16 heavy (non-hydrogen) atoms. The SMILES string of the molecule is COCc1nc2ncc(C(N)=O)c(=S)n2[nH]1. The van der Waals surface area contributed by atoms with Gasteiger partial charge in [0.2, 0.25) is 0 Å². The number of aromatic nitrogens is 4. The molecule has 7 nitrogen and oxygen atoms in total. The lowest BCUT2D eigenvalue weighted by atomic mass is 10.3. The fourth-order valence-electron chi connectivity index (χ4n) is 1.27. The molecule has 0 saturated carbocycles. The van der Waals surface area contributed by atoms with Gasteiger partial charge in [-0.3, -0.25) is 9.89 Å². The van der Waals surface area contributed by atoms with Gasteiger partial charge in [0.25, 0.3) is 11.7 Å². The Labute approximate surface area is 95.2 Å². The molecule has 0 unspecified atom stereocenters. The molecule has 8 heteroatoms. The van der Waals surface area contributed by atoms with E-state index in [2.05, 4.69) is 15.1 Å². The van der Waals surface area contributed by atoms with Gasteiger partial charge >= 0.3 is 0 Å². The normalized spacial score (nSPS) is 10.8. The summed E-state index contributed by atoms with van der Waals surface area (Å²) in [7, 11) is 1.55. The van der Waals surface area contributed by atoms with Gasteiger partial charge in [-0.25, -0.2) is 9.50 Å². The van der Waals surface area contributed by atoms with Crippen LogP contribution in [0.3, 0.4) is 0 Å². The van der Waals surface area contributed by atoms with Crippen molar-refractivity contribution in [2.24, 2.45) is 5.73 Å². The van der Waals surface area contributed by atoms with Gasteiger partial charge in [-0.15, -0.1) is 0 Å². The minimum absolute atomic E-state index is 0.181. The smallest absolute Gasteiger partial charge is 0.253 e. The molecule has 0 aliphatic heterocycles. The number of nitrogens with two attached hydrogens (primary N) is 1. The van der Waals surface area contributed by atoms with Gasteiger partial charge in [-0.05, 0) is 0 Å². The van der Waals surface area contributed by atoms with Crippen LogP contribution in [0.15, 0.2) is 6.20 Å². The Kier molecular flexibility index (Phi) is 2.67. The molecule has 0 aromatic carbocycles. The van der Waals surface area contributed by atoms with Gasteiger partial charge in [0, 0.05) is 13.3 Å². The fraction of sp³-hybridized carbons (Fsp3) is 0.250. The first-order valence-electron chi connectivity index (χ1n) is 4.39. The number of hydrogen-bond acceptors (Lipinski definition) is 5. The van der Waals surface area contributed by atoms with Crippen LogP contribution in [-0.2, 0) is 11.3 Å². The highest BCUT2D eigenvalue weighted by molar-refractivity contribution is 7.71. The van der Waals surface area contributed by atoms with Crippen molar-refractivity contribution < 1.29 is 9.53 Å². The van der Waals surface area contributed by atoms with Crippen LogP contribution in [0.4, 0.5) is 0 Å². The lowest BCUT2D eigenvalue weighted by Crippen LogP contribution is -2.14. The van der Waals surface area contributed by atoms with Gasteiger partial charge in [-0.1, -0.05) is 12.2 Å². The van der Waals surface area contributed by atoms with E-state index >= 15 is 0 Å². The van der Waals surface area contributed by atoms with Gasteiger partial charge in [-0.2, -0.15) is 4.98 Å². The van der Waals surface area contributed by atoms with Crippen LogP contribution in [0.2, 0.25) is 0 Å². The Morgan fingerprint density at radius 2 is 2.50 bits per heavy atom. The summed E-state index contributed by atoms with van der Waals surface area (Å²) < 4.78 is 6.59. The van der Waals surface area contributed by atoms with E-state index in [1.807, 2.05) is 0 Å². The average molecular weight is 239 g/mol. The summed E-state index contributed by atoms with van der Waals surface area (Å²) in [6.45, 7) is 0.310. The number of fused-ring (bicyclic) bond motifs is 1. The zero-order chi connectivity index (χ0) is 11.7. The molecule has 1 amide bonds. The third-order valence-corrected chi connectivity index (χ3v) is 2.37. The zero-order valence-electron chi connectivity index (χ0n) is 8.43. The van der Waals surface area contributed by atoms with Crippen molar-refractivity contribution in [1.82, 2.24) is 19.6 Å². The van der Waals surface area contributed by atoms with Crippen molar-refractivity contribution in [3.63, 3.8) is 0 Å². The maximum Gasteiger partial charge on any atom is 0.253 e. The van der Waals surface area contributed by atoms with Crippen molar-refractivity contribution in [3.8, 4) is 0 Å². The molecule has 0 radical (unpaired) electrons. The largest absolute Gasteiger partial charge is 0.377 e. The number of ether oxygens (including phenoxy) is 1. The summed E-state index contributed by atoms with van der Waals surface area (Å²) in [4.78, 5) is 19.1. The number of primary amides is 1. The number of aromatic amines is 1. The first-order chi connectivity index (χ1) is 7.63. The molecule has 0 fully saturated rings. The molecule has 2 aromatic rings. The molecule has 0 bridgehead atoms. The number of carbonyl (C=O) groups is 1. The Bertz CT molecular complexity index is 602. The van der Waals surface area contributed by atoms with Gasteiger partial charge in [0.1, 0.15) is 11.2 Å². The Balaban J connectivity index is 2.65. The van der Waals surface area contributed by atoms with Crippen LogP contribution in [0.5, 0.6) is 0 Å². The second-order valence-electron chi connectivity index (χ2n) is 3.08. The number of carbonyl (C=O) groups excluding carboxylic acids is 1. The first-order valence-corrected chi connectivity index (χ1v) is 4.79. The third-order valence-electron chi connectivity index (χ3n) is 1.96. The van der Waals surface area contributed by atoms with Crippen LogP contribution >= 0.6 is 12.2 Å². The molecule has 84 valence electrons. The van der Waals surface area contributed by atoms with E-state index in [1.54, 1.807) is 7.11 Å². The first kappa shape index (κ1) is 10.7. The average Bonchev–Trinajstić information content (AvgIpc) is 2.62. The number of nitrogens with one attached hydrogen (secondary N) is 1. The van der Waals surface area contributed by atoms with E-state index in [0.29, 0.717) is 18.2 Å². The van der Waals surface area contributed by atoms with E-state index in [4.69, 9.17) is 22.7 Å². The maximum atomic E-state index is 11.0. The maximum absolute atomic E-state index is 11.0. The fourth-order valence-corrected chi connectivity index (χ4v) is 1.55. The molecule has 2 aromatic heterocycles. The van der Waals surface area contributed by atoms with Gasteiger partial charge in [0.15, 0.2) is 5.82 Å². The van der Waals surface area contributed by atoms with Crippen molar-refractivity contribution in [3.05, 3.63) is 22.2 Å². The number of hydrogen-bond donors (Lipinski definition) is 2. The second-order valence-corrected chi connectivity index (χ2v) is 3.47. The highest BCUT2D eigenvalue weighted by Crippen LogP contribution is 2.05. The summed E-state index contributed by atoms with van der Waals surface area (Å²) in [5, 5.41) is 2.87. The summed E-state index contributed by atoms with van der Waals surface area (Å²) in [5.74, 6) is 0.333. The predicted octanol–water partition coefficient (Wildman–Crippen LogP) is 0.0322. The molecular formula is C8H9N5O2S. The molecule has 2 rings (SSSR count). The van der Waals surface area contributed by atoms with Crippen molar-refractivity contribution >= 4 is 23.9 Å². The van der Waals surface area contributed by atoms with E-state index in [9.17, 15) is 4.79 Å². The lowest BCUT2D eigenvalue weighted by Gasteiger charge is -1.96. The summed E-state index contributed by atoms with van der Waals surface area (Å²) in [6.07, 6.45) is 1.32. The Morgan fingerprint density at radius 3 is 3.12 bits per heavy atom. The van der Waals surface area contributed by atoms with Crippen LogP contribution in [0.25, 0.3) is 5.78 Å². The van der Waals surface area contributed by atoms with Crippen molar-refractivity contribution in [2.45, 2.75) is 6.61 Å². The number of H-pyrrole nitrogens is 1. The third kappa shape index (κ3) is 1.68. The van der Waals surface area contributed by atoms with Crippen LogP contribution < -0.4 is 5.73 Å². The molecule has 0 aliphatic carbocycles. The Morgan fingerprint density at radius 1 is 1.75 bits per heavy atom. The minimum atomic E-state index is -0.616. The van der Waals surface area contributed by atoms with Crippen LogP contribution in [-0.4, -0.2) is 32.6 Å². The highest BCUT2D eigenvalue weighted by Gasteiger charge is 2.09. The quantitative estimate of drug-likeness (QED) is 0.736. The number of rotatable bonds is 3. The number of nitrogens with zero attached hydrogens (tertiary/aromatic N) is 3. The Hall–Kier alpha value is -1.80. The van der Waals surface area contributed by atoms with Crippen molar-refractivity contribution in [1.29, 1.82) is 0 Å². The summed E-state index contributed by atoms with van der Waals surface area (Å²) >= 11 is 5.08. The number of amides is 1. The molecule has 2 heterocycles. The summed E-state index contributed by atoms with van der Waals surface area (Å²) in [5.41, 5.74) is 5.33. The van der Waals surface area contributed by atoms with Crippen molar-refractivity contribution in [2.75, 3.05) is 7.11 Å². The van der Waals surface area contributed by atoms with E-state index in [-0.39, 0.29) is 10.2 Å². The topological polar surface area (TPSA) is 98.3 Å². The van der Waals surface area contributed by atoms with E-state index < -0.39 is 5.91 Å². The lowest BCUT2D eigenvalue weighted by molar-refractivity contribution is 0.0999. The zero-order valence-corrected chi connectivity index (χ0v) is 9.24. The number of methoxy groups -OCH3 is 1. The van der Waals surface area contributed by atoms with Crippen LogP contribution in [0.1, 0.15) is 16.2 Å². The van der Waals surface area contributed by atoms with E-state index in [1.165, 1.54) is 10.7 Å². The second kappa shape index (κ2) is 3.99. The monoisotopic (exact) mass is 239 g/mol. The minimum Gasteiger partial charge on any atom is -0.377 e. The standard InChI is InChI=1S/C8H9N5O2S/c1-15-3-5-11-8-10-2-4(6(9)14)7(16)13(8)12-5/h2H,3H2,1H3,(H2,9,14)(H,10,11,12). The molecule has 0 saturated heterocycles. The predicted molar refractivity (Wildman–Crippen MR) is 57.4 cm³/mol. The molecular weight excluding hydrogens is 230 g/mol. The molecule has 0 aliphatic rings. The van der Waals surface area contributed by atoms with Crippen LogP contribution in [0, 0.1) is 4.64 Å². The van der Waals surface area contributed by atoms with E-state index in [0.717, 1.165) is 0 Å². The summed E-state index contributed by atoms with van der Waals surface area (Å²) in [6, 6.07) is 0. The van der Waals surface area contributed by atoms with Gasteiger partial charge in [0.05, 0.1) is 5.56 Å². The highest BCUT2D eigenvalue weighted by atomic mass is 32.1. The molecule has 0 spiro atoms. The molecule has 3 N–H and O–H groups in total.